The maximum absolute atomic E-state index is 4.61. The lowest BCUT2D eigenvalue weighted by molar-refractivity contribution is 0.232. The Balaban J connectivity index is 2.46. The molecule has 0 fully saturated rings. The van der Waals surface area contributed by atoms with Crippen LogP contribution in [-0.4, -0.2) is 55.1 Å². The summed E-state index contributed by atoms with van der Waals surface area (Å²) in [6.07, 6.45) is 4.36. The Morgan fingerprint density at radius 1 is 1.05 bits per heavy atom. The topological polar surface area (TPSA) is 31.4 Å². The Morgan fingerprint density at radius 2 is 1.86 bits per heavy atom. The van der Waals surface area contributed by atoms with Crippen LogP contribution in [0, 0.1) is 0 Å². The molecule has 0 aliphatic heterocycles. The van der Waals surface area contributed by atoms with Gasteiger partial charge in [-0.15, -0.1) is 0 Å². The molecule has 0 aromatic carbocycles. The van der Waals surface area contributed by atoms with Gasteiger partial charge in [-0.25, -0.2) is 0 Å². The van der Waals surface area contributed by atoms with Crippen molar-refractivity contribution >= 4 is 0 Å². The van der Waals surface area contributed by atoms with Gasteiger partial charge in [0.05, 0.1) is 5.69 Å². The molecule has 0 unspecified atom stereocenters. The van der Waals surface area contributed by atoms with E-state index in [1.54, 1.807) is 0 Å². The van der Waals surface area contributed by atoms with E-state index < -0.39 is 0 Å². The zero-order valence-electron chi connectivity index (χ0n) is 14.2. The van der Waals surface area contributed by atoms with Crippen LogP contribution in [-0.2, 0) is 13.1 Å². The number of hydrogen-bond donors (Lipinski definition) is 1. The van der Waals surface area contributed by atoms with Crippen LogP contribution < -0.4 is 5.32 Å². The predicted molar refractivity (Wildman–Crippen MR) is 90.4 cm³/mol. The number of nitrogens with one attached hydrogen (secondary N) is 1. The molecule has 1 rings (SSSR count). The van der Waals surface area contributed by atoms with Crippen molar-refractivity contribution in [3.8, 4) is 0 Å². The lowest BCUT2D eigenvalue weighted by atomic mass is 10.2. The molecule has 0 radical (unpaired) electrons. The minimum atomic E-state index is 0.917. The van der Waals surface area contributed by atoms with Gasteiger partial charge in [-0.2, -0.15) is 0 Å². The molecular weight excluding hydrogens is 260 g/mol. The Bertz CT molecular complexity index is 362. The van der Waals surface area contributed by atoms with Crippen molar-refractivity contribution in [1.29, 1.82) is 0 Å². The minimum absolute atomic E-state index is 0.917. The van der Waals surface area contributed by atoms with E-state index in [0.717, 1.165) is 39.3 Å². The maximum atomic E-state index is 4.61. The van der Waals surface area contributed by atoms with E-state index in [1.165, 1.54) is 24.1 Å². The Morgan fingerprint density at radius 3 is 2.43 bits per heavy atom. The first-order chi connectivity index (χ1) is 10.2. The molecule has 4 heteroatoms. The van der Waals surface area contributed by atoms with Gasteiger partial charge in [-0.1, -0.05) is 19.9 Å². The van der Waals surface area contributed by atoms with E-state index >= 15 is 0 Å². The molecule has 120 valence electrons. The van der Waals surface area contributed by atoms with Gasteiger partial charge >= 0.3 is 0 Å². The van der Waals surface area contributed by atoms with Crippen molar-refractivity contribution < 1.29 is 0 Å². The Labute approximate surface area is 130 Å². The van der Waals surface area contributed by atoms with E-state index in [1.807, 2.05) is 6.20 Å². The summed E-state index contributed by atoms with van der Waals surface area (Å²) in [6.45, 7) is 10.7. The highest BCUT2D eigenvalue weighted by atomic mass is 15.2. The first-order valence-corrected chi connectivity index (χ1v) is 8.17. The highest BCUT2D eigenvalue weighted by molar-refractivity contribution is 5.14. The van der Waals surface area contributed by atoms with E-state index in [9.17, 15) is 0 Å². The Kier molecular flexibility index (Phi) is 9.22. The lowest BCUT2D eigenvalue weighted by Gasteiger charge is -2.23. The van der Waals surface area contributed by atoms with Gasteiger partial charge in [0, 0.05) is 32.4 Å². The van der Waals surface area contributed by atoms with Crippen LogP contribution in [0.1, 0.15) is 37.9 Å². The van der Waals surface area contributed by atoms with Crippen molar-refractivity contribution in [2.24, 2.45) is 0 Å². The summed E-state index contributed by atoms with van der Waals surface area (Å²) in [5.41, 5.74) is 2.43. The van der Waals surface area contributed by atoms with Gasteiger partial charge in [0.25, 0.3) is 0 Å². The lowest BCUT2D eigenvalue weighted by Crippen LogP contribution is -2.32. The van der Waals surface area contributed by atoms with E-state index in [-0.39, 0.29) is 0 Å². The molecule has 0 spiro atoms. The van der Waals surface area contributed by atoms with Crippen molar-refractivity contribution in [1.82, 2.24) is 20.1 Å². The molecule has 0 aliphatic carbocycles. The quantitative estimate of drug-likeness (QED) is 0.635. The molecule has 21 heavy (non-hydrogen) atoms. The van der Waals surface area contributed by atoms with Crippen molar-refractivity contribution in [3.63, 3.8) is 0 Å². The summed E-state index contributed by atoms with van der Waals surface area (Å²) in [4.78, 5) is 9.33. The molecule has 0 amide bonds. The van der Waals surface area contributed by atoms with Gasteiger partial charge in [-0.05, 0) is 51.7 Å². The SMILES string of the molecule is CCCNCc1ccc(CN(CCC)CCN(C)C)nc1. The second kappa shape index (κ2) is 10.7. The van der Waals surface area contributed by atoms with Crippen LogP contribution in [0.2, 0.25) is 0 Å². The highest BCUT2D eigenvalue weighted by Crippen LogP contribution is 2.05. The van der Waals surface area contributed by atoms with Crippen LogP contribution in [0.5, 0.6) is 0 Å². The van der Waals surface area contributed by atoms with Crippen LogP contribution in [0.25, 0.3) is 0 Å². The fourth-order valence-corrected chi connectivity index (χ4v) is 2.22. The third kappa shape index (κ3) is 8.15. The summed E-state index contributed by atoms with van der Waals surface area (Å²) in [5, 5.41) is 3.41. The summed E-state index contributed by atoms with van der Waals surface area (Å²) in [6, 6.07) is 4.36. The van der Waals surface area contributed by atoms with E-state index in [0.29, 0.717) is 0 Å². The summed E-state index contributed by atoms with van der Waals surface area (Å²) in [5.74, 6) is 0. The standard InChI is InChI=1S/C17H32N4/c1-5-9-18-13-16-7-8-17(19-14-16)15-21(10-6-2)12-11-20(3)4/h7-8,14,18H,5-6,9-13,15H2,1-4H3. The zero-order chi connectivity index (χ0) is 15.5. The van der Waals surface area contributed by atoms with Gasteiger partial charge in [0.2, 0.25) is 0 Å². The number of rotatable bonds is 11. The number of likely N-dealkylation sites (N-methyl/N-ethyl adjacent to an activating group) is 1. The fourth-order valence-electron chi connectivity index (χ4n) is 2.22. The molecule has 0 atom stereocenters. The number of pyridine rings is 1. The summed E-state index contributed by atoms with van der Waals surface area (Å²) < 4.78 is 0. The van der Waals surface area contributed by atoms with Crippen molar-refractivity contribution in [2.75, 3.05) is 40.3 Å². The van der Waals surface area contributed by atoms with Crippen LogP contribution >= 0.6 is 0 Å². The van der Waals surface area contributed by atoms with Crippen LogP contribution in [0.4, 0.5) is 0 Å². The number of hydrogen-bond acceptors (Lipinski definition) is 4. The third-order valence-electron chi connectivity index (χ3n) is 3.43. The predicted octanol–water partition coefficient (Wildman–Crippen LogP) is 2.35. The normalized spacial score (nSPS) is 11.5. The average Bonchev–Trinajstić information content (AvgIpc) is 2.47. The second-order valence-electron chi connectivity index (χ2n) is 5.91. The molecule has 1 aromatic heterocycles. The smallest absolute Gasteiger partial charge is 0.0544 e. The fraction of sp³-hybridized carbons (Fsp3) is 0.706. The van der Waals surface area contributed by atoms with Crippen LogP contribution in [0.15, 0.2) is 18.3 Å². The minimum Gasteiger partial charge on any atom is -0.313 e. The molecule has 0 saturated heterocycles. The molecule has 4 nitrogen and oxygen atoms in total. The molecule has 0 aliphatic rings. The maximum Gasteiger partial charge on any atom is 0.0544 e. The van der Waals surface area contributed by atoms with Gasteiger partial charge < -0.3 is 10.2 Å². The van der Waals surface area contributed by atoms with Crippen molar-refractivity contribution in [3.05, 3.63) is 29.6 Å². The first-order valence-electron chi connectivity index (χ1n) is 8.17. The van der Waals surface area contributed by atoms with Gasteiger partial charge in [0.1, 0.15) is 0 Å². The van der Waals surface area contributed by atoms with Crippen molar-refractivity contribution in [2.45, 2.75) is 39.8 Å². The van der Waals surface area contributed by atoms with E-state index in [2.05, 4.69) is 60.2 Å². The third-order valence-corrected chi connectivity index (χ3v) is 3.43. The number of aromatic nitrogens is 1. The monoisotopic (exact) mass is 292 g/mol. The van der Waals surface area contributed by atoms with Gasteiger partial charge in [0.15, 0.2) is 0 Å². The van der Waals surface area contributed by atoms with Crippen LogP contribution in [0.3, 0.4) is 0 Å². The number of nitrogens with zero attached hydrogens (tertiary/aromatic N) is 3. The summed E-state index contributed by atoms with van der Waals surface area (Å²) in [7, 11) is 4.25. The molecule has 0 bridgehead atoms. The molecule has 1 aromatic rings. The molecule has 1 N–H and O–H groups in total. The molecule has 1 heterocycles. The van der Waals surface area contributed by atoms with E-state index in [4.69, 9.17) is 0 Å². The first kappa shape index (κ1) is 18.1. The largest absolute Gasteiger partial charge is 0.313 e. The van der Waals surface area contributed by atoms with Gasteiger partial charge in [-0.3, -0.25) is 9.88 Å². The Hall–Kier alpha value is -0.970. The average molecular weight is 292 g/mol. The summed E-state index contributed by atoms with van der Waals surface area (Å²) >= 11 is 0. The molecule has 0 saturated carbocycles. The zero-order valence-corrected chi connectivity index (χ0v) is 14.2. The second-order valence-corrected chi connectivity index (χ2v) is 5.91. The highest BCUT2D eigenvalue weighted by Gasteiger charge is 2.06. The molecular formula is C17H32N4.